The molecule has 0 saturated heterocycles. The zero-order chi connectivity index (χ0) is 28.1. The molecule has 7 rings (SSSR count). The summed E-state index contributed by atoms with van der Waals surface area (Å²) in [6.45, 7) is 0. The van der Waals surface area contributed by atoms with Gasteiger partial charge in [-0.1, -0.05) is 164 Å². The summed E-state index contributed by atoms with van der Waals surface area (Å²) in [5.74, 6) is 0. The summed E-state index contributed by atoms with van der Waals surface area (Å²) in [5, 5.41) is 13.8. The molecule has 0 spiro atoms. The van der Waals surface area contributed by atoms with Crippen LogP contribution in [0, 0.1) is 0 Å². The summed E-state index contributed by atoms with van der Waals surface area (Å²) >= 11 is 0. The molecule has 0 aliphatic rings. The number of aromatic nitrogens is 3. The number of hydrogen-bond donors (Lipinski definition) is 0. The molecule has 0 fully saturated rings. The van der Waals surface area contributed by atoms with Crippen molar-refractivity contribution in [3.63, 3.8) is 0 Å². The number of benzene rings is 6. The fourth-order valence-electron chi connectivity index (χ4n) is 5.65. The first-order valence-corrected chi connectivity index (χ1v) is 14.1. The van der Waals surface area contributed by atoms with Crippen LogP contribution in [0.1, 0.15) is 0 Å². The molecule has 42 heavy (non-hydrogen) atoms. The molecule has 1 aromatic heterocycles. The van der Waals surface area contributed by atoms with E-state index in [0.717, 1.165) is 55.9 Å². The Morgan fingerprint density at radius 1 is 0.262 bits per heavy atom. The van der Waals surface area contributed by atoms with Crippen LogP contribution in [0.15, 0.2) is 164 Å². The fourth-order valence-corrected chi connectivity index (χ4v) is 5.65. The molecule has 198 valence electrons. The van der Waals surface area contributed by atoms with E-state index in [9.17, 15) is 0 Å². The minimum absolute atomic E-state index is 0.797. The van der Waals surface area contributed by atoms with Gasteiger partial charge in [-0.3, -0.25) is 0 Å². The quantitative estimate of drug-likeness (QED) is 0.212. The van der Waals surface area contributed by atoms with Crippen molar-refractivity contribution < 1.29 is 0 Å². The first-order chi connectivity index (χ1) is 20.9. The summed E-state index contributed by atoms with van der Waals surface area (Å²) in [6, 6.07) is 56.8. The van der Waals surface area contributed by atoms with Gasteiger partial charge in [-0.15, -0.1) is 10.2 Å². The normalized spacial score (nSPS) is 10.9. The number of hydrogen-bond acceptors (Lipinski definition) is 3. The van der Waals surface area contributed by atoms with Crippen molar-refractivity contribution in [1.29, 1.82) is 0 Å². The van der Waals surface area contributed by atoms with Gasteiger partial charge < -0.3 is 0 Å². The van der Waals surface area contributed by atoms with Crippen LogP contribution in [0.5, 0.6) is 0 Å². The highest BCUT2D eigenvalue weighted by molar-refractivity contribution is 6.00. The highest BCUT2D eigenvalue weighted by Gasteiger charge is 2.23. The van der Waals surface area contributed by atoms with Crippen molar-refractivity contribution in [1.82, 2.24) is 15.4 Å². The van der Waals surface area contributed by atoms with Gasteiger partial charge in [-0.25, -0.2) is 0 Å². The van der Waals surface area contributed by atoms with Crippen LogP contribution in [0.3, 0.4) is 0 Å². The molecular formula is C39H27N3. The van der Waals surface area contributed by atoms with Gasteiger partial charge in [0.15, 0.2) is 0 Å². The Bertz CT molecular complexity index is 1970. The van der Waals surface area contributed by atoms with Crippen LogP contribution in [0.2, 0.25) is 0 Å². The fraction of sp³-hybridized carbons (Fsp3) is 0. The Morgan fingerprint density at radius 2 is 0.619 bits per heavy atom. The van der Waals surface area contributed by atoms with Gasteiger partial charge in [0.05, 0.1) is 0 Å². The zero-order valence-corrected chi connectivity index (χ0v) is 22.9. The molecule has 0 unspecified atom stereocenters. The Hall–Kier alpha value is -5.67. The van der Waals surface area contributed by atoms with E-state index in [1.54, 1.807) is 0 Å². The Labute approximate surface area is 245 Å². The van der Waals surface area contributed by atoms with E-state index in [2.05, 4.69) is 144 Å². The molecule has 0 N–H and O–H groups in total. The van der Waals surface area contributed by atoms with E-state index in [-0.39, 0.29) is 0 Å². The van der Waals surface area contributed by atoms with Crippen molar-refractivity contribution in [2.75, 3.05) is 0 Å². The largest absolute Gasteiger partial charge is 0.129 e. The van der Waals surface area contributed by atoms with Crippen LogP contribution < -0.4 is 0 Å². The second-order valence-corrected chi connectivity index (χ2v) is 10.1. The minimum Gasteiger partial charge on any atom is -0.129 e. The predicted molar refractivity (Wildman–Crippen MR) is 172 cm³/mol. The Balaban J connectivity index is 1.53. The lowest BCUT2D eigenvalue weighted by Crippen LogP contribution is -2.02. The van der Waals surface area contributed by atoms with Gasteiger partial charge in [0.25, 0.3) is 0 Å². The van der Waals surface area contributed by atoms with Gasteiger partial charge >= 0.3 is 0 Å². The number of rotatable bonds is 6. The maximum atomic E-state index is 4.77. The lowest BCUT2D eigenvalue weighted by atomic mass is 9.86. The Kier molecular flexibility index (Phi) is 6.89. The van der Waals surface area contributed by atoms with Crippen molar-refractivity contribution >= 4 is 0 Å². The van der Waals surface area contributed by atoms with E-state index in [4.69, 9.17) is 5.10 Å². The SMILES string of the molecule is c1ccc(-c2ccccc2-c2ccccc2-c2nnnc(-c3ccccc3)c2-c2ccccc2-c2ccccc2)cc1. The third kappa shape index (κ3) is 4.78. The minimum atomic E-state index is 0.797. The monoisotopic (exact) mass is 537 g/mol. The van der Waals surface area contributed by atoms with E-state index in [0.29, 0.717) is 0 Å². The summed E-state index contributed by atoms with van der Waals surface area (Å²) in [7, 11) is 0. The van der Waals surface area contributed by atoms with Gasteiger partial charge in [-0.05, 0) is 44.2 Å². The predicted octanol–water partition coefficient (Wildman–Crippen LogP) is 9.87. The molecule has 0 bridgehead atoms. The maximum absolute atomic E-state index is 4.77. The lowest BCUT2D eigenvalue weighted by Gasteiger charge is -2.19. The summed E-state index contributed by atoms with van der Waals surface area (Å²) in [4.78, 5) is 0. The van der Waals surface area contributed by atoms with E-state index < -0.39 is 0 Å². The van der Waals surface area contributed by atoms with Crippen molar-refractivity contribution in [2.24, 2.45) is 0 Å². The van der Waals surface area contributed by atoms with Gasteiger partial charge in [-0.2, -0.15) is 0 Å². The summed E-state index contributed by atoms with van der Waals surface area (Å²) in [6.07, 6.45) is 0. The van der Waals surface area contributed by atoms with Crippen LogP contribution in [-0.2, 0) is 0 Å². The zero-order valence-electron chi connectivity index (χ0n) is 22.9. The molecule has 0 aliphatic heterocycles. The summed E-state index contributed by atoms with van der Waals surface area (Å²) < 4.78 is 0. The highest BCUT2D eigenvalue weighted by Crippen LogP contribution is 2.45. The molecule has 7 aromatic rings. The second-order valence-electron chi connectivity index (χ2n) is 10.1. The smallest absolute Gasteiger partial charge is 0.105 e. The molecule has 6 aromatic carbocycles. The molecule has 0 radical (unpaired) electrons. The van der Waals surface area contributed by atoms with Crippen LogP contribution in [0.4, 0.5) is 0 Å². The Morgan fingerprint density at radius 3 is 1.17 bits per heavy atom. The lowest BCUT2D eigenvalue weighted by molar-refractivity contribution is 0.879. The van der Waals surface area contributed by atoms with Gasteiger partial charge in [0, 0.05) is 16.7 Å². The summed E-state index contributed by atoms with van der Waals surface area (Å²) in [5.41, 5.74) is 12.4. The maximum Gasteiger partial charge on any atom is 0.105 e. The second kappa shape index (κ2) is 11.4. The van der Waals surface area contributed by atoms with E-state index in [1.165, 1.54) is 11.1 Å². The van der Waals surface area contributed by atoms with Crippen molar-refractivity contribution in [3.8, 4) is 67.0 Å². The van der Waals surface area contributed by atoms with Crippen molar-refractivity contribution in [3.05, 3.63) is 164 Å². The van der Waals surface area contributed by atoms with Gasteiger partial charge in [0.2, 0.25) is 0 Å². The third-order valence-corrected chi connectivity index (χ3v) is 7.58. The average Bonchev–Trinajstić information content (AvgIpc) is 3.09. The van der Waals surface area contributed by atoms with Crippen LogP contribution in [-0.4, -0.2) is 15.4 Å². The molecule has 0 amide bonds. The first kappa shape index (κ1) is 25.3. The molecule has 0 saturated carbocycles. The van der Waals surface area contributed by atoms with Crippen molar-refractivity contribution in [2.45, 2.75) is 0 Å². The van der Waals surface area contributed by atoms with Gasteiger partial charge in [0.1, 0.15) is 11.4 Å². The van der Waals surface area contributed by atoms with E-state index >= 15 is 0 Å². The number of nitrogens with zero attached hydrogens (tertiary/aromatic N) is 3. The standard InChI is InChI=1S/C39H27N3/c1-4-16-28(17-5-1)31-22-10-12-24-33(31)34-25-13-15-27-36(34)39-37(38(40-42-41-39)30-20-8-3-9-21-30)35-26-14-11-23-32(35)29-18-6-2-7-19-29/h1-27H. The molecule has 0 atom stereocenters. The first-order valence-electron chi connectivity index (χ1n) is 14.1. The topological polar surface area (TPSA) is 38.7 Å². The molecule has 1 heterocycles. The van der Waals surface area contributed by atoms with E-state index in [1.807, 2.05) is 30.3 Å². The average molecular weight is 538 g/mol. The van der Waals surface area contributed by atoms with Crippen LogP contribution in [0.25, 0.3) is 67.0 Å². The molecule has 3 heteroatoms. The highest BCUT2D eigenvalue weighted by atomic mass is 15.3. The molecule has 0 aliphatic carbocycles. The molecule has 3 nitrogen and oxygen atoms in total. The van der Waals surface area contributed by atoms with Crippen LogP contribution >= 0.6 is 0 Å². The third-order valence-electron chi connectivity index (χ3n) is 7.58. The molecular weight excluding hydrogens is 510 g/mol.